The molecule has 2 atom stereocenters. The Kier molecular flexibility index (Phi) is 6.37. The summed E-state index contributed by atoms with van der Waals surface area (Å²) in [5.74, 6) is 2.31. The van der Waals surface area contributed by atoms with Crippen molar-refractivity contribution < 1.29 is 9.59 Å². The number of carbonyl (C=O) groups excluding carboxylic acids is 2. The van der Waals surface area contributed by atoms with Crippen LogP contribution in [0.1, 0.15) is 47.5 Å². The largest absolute Gasteiger partial charge is 0.342 e. The molecule has 2 unspecified atom stereocenters. The van der Waals surface area contributed by atoms with Crippen LogP contribution in [0.15, 0.2) is 0 Å². The third-order valence-corrected chi connectivity index (χ3v) is 5.12. The molecule has 0 bridgehead atoms. The van der Waals surface area contributed by atoms with Gasteiger partial charge in [-0.25, -0.2) is 0 Å². The monoisotopic (exact) mass is 300 g/mol. The van der Waals surface area contributed by atoms with Crippen LogP contribution in [0.5, 0.6) is 0 Å². The second-order valence-electron chi connectivity index (χ2n) is 5.86. The summed E-state index contributed by atoms with van der Waals surface area (Å²) in [4.78, 5) is 26.9. The van der Waals surface area contributed by atoms with Gasteiger partial charge in [-0.3, -0.25) is 9.59 Å². The van der Waals surface area contributed by atoms with E-state index in [2.05, 4.69) is 12.2 Å². The summed E-state index contributed by atoms with van der Waals surface area (Å²) in [7, 11) is 0. The lowest BCUT2D eigenvalue weighted by Crippen LogP contribution is -2.70. The number of carbonyl (C=O) groups is 2. The van der Waals surface area contributed by atoms with Gasteiger partial charge in [-0.2, -0.15) is 11.8 Å². The van der Waals surface area contributed by atoms with E-state index in [4.69, 9.17) is 0 Å². The number of hydrogen-bond acceptors (Lipinski definition) is 3. The SMILES string of the molecule is CCSCCCN1C(=O)C(C(C)C)NC(=O)C1(C)CC. The average Bonchev–Trinajstić information content (AvgIpc) is 2.41. The summed E-state index contributed by atoms with van der Waals surface area (Å²) in [5, 5.41) is 2.90. The lowest BCUT2D eigenvalue weighted by atomic mass is 9.87. The van der Waals surface area contributed by atoms with Gasteiger partial charge in [-0.15, -0.1) is 0 Å². The Morgan fingerprint density at radius 1 is 1.35 bits per heavy atom. The molecule has 0 aromatic heterocycles. The zero-order valence-electron chi connectivity index (χ0n) is 13.4. The first-order valence-corrected chi connectivity index (χ1v) is 8.74. The molecule has 1 N–H and O–H groups in total. The van der Waals surface area contributed by atoms with Crippen LogP contribution in [-0.4, -0.2) is 46.3 Å². The molecule has 116 valence electrons. The average molecular weight is 300 g/mol. The molecular weight excluding hydrogens is 272 g/mol. The van der Waals surface area contributed by atoms with Gasteiger partial charge in [0.05, 0.1) is 0 Å². The molecule has 1 aliphatic rings. The van der Waals surface area contributed by atoms with Crippen LogP contribution in [0.25, 0.3) is 0 Å². The number of piperazine rings is 1. The van der Waals surface area contributed by atoms with E-state index in [1.54, 1.807) is 0 Å². The normalized spacial score (nSPS) is 27.1. The highest BCUT2D eigenvalue weighted by atomic mass is 32.2. The van der Waals surface area contributed by atoms with Crippen molar-refractivity contribution in [3.63, 3.8) is 0 Å². The lowest BCUT2D eigenvalue weighted by Gasteiger charge is -2.47. The predicted octanol–water partition coefficient (Wildman–Crippen LogP) is 2.28. The Balaban J connectivity index is 2.85. The minimum atomic E-state index is -0.695. The number of rotatable bonds is 7. The molecule has 1 fully saturated rings. The summed E-state index contributed by atoms with van der Waals surface area (Å²) in [6.07, 6.45) is 1.59. The van der Waals surface area contributed by atoms with Gasteiger partial charge >= 0.3 is 0 Å². The van der Waals surface area contributed by atoms with E-state index in [1.807, 2.05) is 44.4 Å². The van der Waals surface area contributed by atoms with Crippen LogP contribution in [0, 0.1) is 5.92 Å². The van der Waals surface area contributed by atoms with E-state index in [0.29, 0.717) is 13.0 Å². The van der Waals surface area contributed by atoms with Crippen molar-refractivity contribution in [2.24, 2.45) is 5.92 Å². The molecule has 1 rings (SSSR count). The van der Waals surface area contributed by atoms with E-state index < -0.39 is 5.54 Å². The first-order chi connectivity index (χ1) is 9.38. The summed E-state index contributed by atoms with van der Waals surface area (Å²) >= 11 is 1.88. The van der Waals surface area contributed by atoms with Crippen LogP contribution < -0.4 is 5.32 Å². The van der Waals surface area contributed by atoms with E-state index in [1.165, 1.54) is 0 Å². The molecule has 1 saturated heterocycles. The van der Waals surface area contributed by atoms with Crippen molar-refractivity contribution in [3.05, 3.63) is 0 Å². The van der Waals surface area contributed by atoms with Crippen LogP contribution >= 0.6 is 11.8 Å². The maximum atomic E-state index is 12.7. The number of nitrogens with zero attached hydrogens (tertiary/aromatic N) is 1. The molecule has 0 aromatic carbocycles. The Hall–Kier alpha value is -0.710. The Bertz CT molecular complexity index is 360. The molecular formula is C15H28N2O2S. The zero-order chi connectivity index (χ0) is 15.3. The number of amides is 2. The van der Waals surface area contributed by atoms with Gasteiger partial charge in [-0.1, -0.05) is 27.7 Å². The maximum absolute atomic E-state index is 12.7. The molecule has 4 nitrogen and oxygen atoms in total. The molecule has 0 radical (unpaired) electrons. The van der Waals surface area contributed by atoms with Crippen LogP contribution in [-0.2, 0) is 9.59 Å². The first kappa shape index (κ1) is 17.3. The van der Waals surface area contributed by atoms with E-state index in [-0.39, 0.29) is 23.8 Å². The third-order valence-electron chi connectivity index (χ3n) is 4.13. The van der Waals surface area contributed by atoms with Gasteiger partial charge in [0.25, 0.3) is 0 Å². The molecule has 1 heterocycles. The third kappa shape index (κ3) is 3.48. The topological polar surface area (TPSA) is 49.4 Å². The van der Waals surface area contributed by atoms with E-state index in [9.17, 15) is 9.59 Å². The van der Waals surface area contributed by atoms with Crippen molar-refractivity contribution in [2.45, 2.75) is 59.0 Å². The Labute approximate surface area is 127 Å². The van der Waals surface area contributed by atoms with Crippen molar-refractivity contribution in [2.75, 3.05) is 18.1 Å². The lowest BCUT2D eigenvalue weighted by molar-refractivity contribution is -0.158. The highest BCUT2D eigenvalue weighted by molar-refractivity contribution is 7.99. The van der Waals surface area contributed by atoms with Gasteiger partial charge in [0.1, 0.15) is 11.6 Å². The van der Waals surface area contributed by atoms with Gasteiger partial charge in [0, 0.05) is 6.54 Å². The quantitative estimate of drug-likeness (QED) is 0.734. The van der Waals surface area contributed by atoms with Crippen LogP contribution in [0.4, 0.5) is 0 Å². The molecule has 0 aliphatic carbocycles. The fraction of sp³-hybridized carbons (Fsp3) is 0.867. The highest BCUT2D eigenvalue weighted by Crippen LogP contribution is 2.27. The molecule has 20 heavy (non-hydrogen) atoms. The number of hydrogen-bond donors (Lipinski definition) is 1. The maximum Gasteiger partial charge on any atom is 0.246 e. The number of thioether (sulfide) groups is 1. The zero-order valence-corrected chi connectivity index (χ0v) is 14.2. The standard InChI is InChI=1S/C15H28N2O2S/c1-6-15(5)14(19)16-12(11(3)4)13(18)17(15)9-8-10-20-7-2/h11-12H,6-10H2,1-5H3,(H,16,19). The van der Waals surface area contributed by atoms with Crippen molar-refractivity contribution in [1.82, 2.24) is 10.2 Å². The molecule has 0 aromatic rings. The molecule has 0 spiro atoms. The van der Waals surface area contributed by atoms with Crippen molar-refractivity contribution in [3.8, 4) is 0 Å². The van der Waals surface area contributed by atoms with Crippen LogP contribution in [0.3, 0.4) is 0 Å². The summed E-state index contributed by atoms with van der Waals surface area (Å²) in [6.45, 7) is 10.6. The van der Waals surface area contributed by atoms with E-state index in [0.717, 1.165) is 17.9 Å². The van der Waals surface area contributed by atoms with Gasteiger partial charge in [-0.05, 0) is 37.2 Å². The fourth-order valence-electron chi connectivity index (χ4n) is 2.52. The summed E-state index contributed by atoms with van der Waals surface area (Å²) < 4.78 is 0. The highest BCUT2D eigenvalue weighted by Gasteiger charge is 2.48. The minimum Gasteiger partial charge on any atom is -0.342 e. The smallest absolute Gasteiger partial charge is 0.246 e. The van der Waals surface area contributed by atoms with Crippen molar-refractivity contribution >= 4 is 23.6 Å². The molecule has 0 saturated carbocycles. The molecule has 5 heteroatoms. The first-order valence-electron chi connectivity index (χ1n) is 7.58. The second kappa shape index (κ2) is 7.34. The fourth-order valence-corrected chi connectivity index (χ4v) is 3.14. The van der Waals surface area contributed by atoms with Gasteiger partial charge in [0.2, 0.25) is 11.8 Å². The van der Waals surface area contributed by atoms with Gasteiger partial charge in [0.15, 0.2) is 0 Å². The minimum absolute atomic E-state index is 0.0126. The Morgan fingerprint density at radius 3 is 2.50 bits per heavy atom. The van der Waals surface area contributed by atoms with E-state index >= 15 is 0 Å². The van der Waals surface area contributed by atoms with Crippen LogP contribution in [0.2, 0.25) is 0 Å². The number of nitrogens with one attached hydrogen (secondary N) is 1. The molecule has 2 amide bonds. The van der Waals surface area contributed by atoms with Gasteiger partial charge < -0.3 is 10.2 Å². The van der Waals surface area contributed by atoms with Crippen molar-refractivity contribution in [1.29, 1.82) is 0 Å². The summed E-state index contributed by atoms with van der Waals surface area (Å²) in [5.41, 5.74) is -0.695. The molecule has 1 aliphatic heterocycles. The summed E-state index contributed by atoms with van der Waals surface area (Å²) in [6, 6.07) is -0.374. The second-order valence-corrected chi connectivity index (χ2v) is 7.26. The Morgan fingerprint density at radius 2 is 2.00 bits per heavy atom. The predicted molar refractivity (Wildman–Crippen MR) is 84.8 cm³/mol.